The van der Waals surface area contributed by atoms with Gasteiger partial charge in [0, 0.05) is 15.1 Å². The molecule has 0 spiro atoms. The van der Waals surface area contributed by atoms with E-state index in [0.717, 1.165) is 18.4 Å². The van der Waals surface area contributed by atoms with Crippen LogP contribution in [0.25, 0.3) is 0 Å². The maximum absolute atomic E-state index is 12.5. The van der Waals surface area contributed by atoms with Gasteiger partial charge in [0.2, 0.25) is 0 Å². The van der Waals surface area contributed by atoms with Gasteiger partial charge < -0.3 is 0 Å². The molecule has 0 N–H and O–H groups in total. The van der Waals surface area contributed by atoms with Crippen LogP contribution in [0.5, 0.6) is 0 Å². The normalized spacial score (nSPS) is 9.27. The van der Waals surface area contributed by atoms with Crippen molar-refractivity contribution in [2.24, 2.45) is 0 Å². The molecule has 0 aromatic heterocycles. The molecule has 0 heterocycles. The second-order valence-electron chi connectivity index (χ2n) is 4.26. The Morgan fingerprint density at radius 1 is 0.682 bits per heavy atom. The molecule has 0 atom stereocenters. The highest BCUT2D eigenvalue weighted by Gasteiger charge is 1.95. The quantitative estimate of drug-likeness (QED) is 0.514. The first-order valence-electron chi connectivity index (χ1n) is 7.34. The second-order valence-corrected chi connectivity index (χ2v) is 5.57. The van der Waals surface area contributed by atoms with Crippen LogP contribution in [-0.4, -0.2) is 0 Å². The molecule has 0 unspecified atom stereocenters. The minimum Gasteiger partial charge on any atom is -0.207 e. The van der Waals surface area contributed by atoms with Gasteiger partial charge in [0.15, 0.2) is 0 Å². The van der Waals surface area contributed by atoms with Gasteiger partial charge in [-0.05, 0) is 60.4 Å². The lowest BCUT2D eigenvalue weighted by Crippen LogP contribution is -1.81. The molecular weight excluding hydrogens is 342 g/mol. The Balaban J connectivity index is 0.000000360. The molecule has 4 heteroatoms. The first-order valence-corrected chi connectivity index (χ1v) is 8.48. The fraction of sp³-hybridized carbons (Fsp3) is 0.333. The number of benzene rings is 2. The second kappa shape index (κ2) is 11.8. The largest absolute Gasteiger partial charge is 0.207 e. The van der Waals surface area contributed by atoms with Crippen molar-refractivity contribution >= 4 is 34.8 Å². The average Bonchev–Trinajstić information content (AvgIpc) is 2.48. The van der Waals surface area contributed by atoms with E-state index in [0.29, 0.717) is 15.1 Å². The number of rotatable bonds is 2. The number of halogens is 4. The Labute approximate surface area is 148 Å². The Bertz CT molecular complexity index is 476. The summed E-state index contributed by atoms with van der Waals surface area (Å²) in [5.41, 5.74) is 2.11. The van der Waals surface area contributed by atoms with Crippen LogP contribution in [0, 0.1) is 5.82 Å². The lowest BCUT2D eigenvalue weighted by Gasteiger charge is -1.97. The van der Waals surface area contributed by atoms with Crippen molar-refractivity contribution in [2.75, 3.05) is 0 Å². The molecule has 0 fully saturated rings. The third-order valence-electron chi connectivity index (χ3n) is 2.66. The summed E-state index contributed by atoms with van der Waals surface area (Å²) in [7, 11) is 0. The highest BCUT2D eigenvalue weighted by molar-refractivity contribution is 6.34. The standard InChI is InChI=1S/C8H8Cl2.C8H8ClF.C2H6/c2*1-2-6-3-7(9)5-8(10)4-6;1-2/h2*3-5H,2H2,1H3;1-2H3. The Morgan fingerprint density at radius 2 is 1.05 bits per heavy atom. The van der Waals surface area contributed by atoms with Gasteiger partial charge in [0.05, 0.1) is 0 Å². The summed E-state index contributed by atoms with van der Waals surface area (Å²) in [6, 6.07) is 10.2. The van der Waals surface area contributed by atoms with E-state index in [2.05, 4.69) is 6.92 Å². The van der Waals surface area contributed by atoms with Gasteiger partial charge in [-0.25, -0.2) is 4.39 Å². The maximum Gasteiger partial charge on any atom is 0.124 e. The summed E-state index contributed by atoms with van der Waals surface area (Å²) >= 11 is 17.1. The van der Waals surface area contributed by atoms with Crippen molar-refractivity contribution in [2.45, 2.75) is 40.5 Å². The van der Waals surface area contributed by atoms with Crippen LogP contribution in [0.2, 0.25) is 15.1 Å². The molecule has 0 aliphatic rings. The molecule has 0 nitrogen and oxygen atoms in total. The summed E-state index contributed by atoms with van der Waals surface area (Å²) in [5, 5.41) is 1.89. The van der Waals surface area contributed by atoms with Crippen molar-refractivity contribution in [1.82, 2.24) is 0 Å². The lowest BCUT2D eigenvalue weighted by atomic mass is 10.2. The predicted molar refractivity (Wildman–Crippen MR) is 98.0 cm³/mol. The molecule has 0 bridgehead atoms. The van der Waals surface area contributed by atoms with Gasteiger partial charge in [0.25, 0.3) is 0 Å². The highest BCUT2D eigenvalue weighted by Crippen LogP contribution is 2.19. The van der Waals surface area contributed by atoms with E-state index in [9.17, 15) is 4.39 Å². The van der Waals surface area contributed by atoms with Gasteiger partial charge >= 0.3 is 0 Å². The van der Waals surface area contributed by atoms with Gasteiger partial charge in [-0.15, -0.1) is 0 Å². The van der Waals surface area contributed by atoms with Crippen molar-refractivity contribution < 1.29 is 4.39 Å². The first-order chi connectivity index (χ1) is 10.4. The summed E-state index contributed by atoms with van der Waals surface area (Å²) in [6.45, 7) is 8.03. The smallest absolute Gasteiger partial charge is 0.124 e. The predicted octanol–water partition coefficient (Wildman–Crippen LogP) is 7.62. The molecule has 0 aliphatic heterocycles. The van der Waals surface area contributed by atoms with Crippen LogP contribution in [-0.2, 0) is 12.8 Å². The number of aryl methyl sites for hydroxylation is 2. The topological polar surface area (TPSA) is 0 Å². The first kappa shape index (κ1) is 21.2. The molecule has 0 saturated heterocycles. The van der Waals surface area contributed by atoms with Gasteiger partial charge in [-0.2, -0.15) is 0 Å². The third-order valence-corrected chi connectivity index (χ3v) is 3.32. The summed E-state index contributed by atoms with van der Waals surface area (Å²) in [5.74, 6) is -0.260. The van der Waals surface area contributed by atoms with Gasteiger partial charge in [-0.3, -0.25) is 0 Å². The molecular formula is C18H22Cl3F. The van der Waals surface area contributed by atoms with Crippen LogP contribution in [0.15, 0.2) is 36.4 Å². The molecule has 2 aromatic carbocycles. The minimum absolute atomic E-state index is 0.260. The Kier molecular flexibility index (Phi) is 11.4. The SMILES string of the molecule is CC.CCc1cc(Cl)cc(Cl)c1.CCc1cc(F)cc(Cl)c1. The van der Waals surface area contributed by atoms with Crippen molar-refractivity contribution in [3.63, 3.8) is 0 Å². The van der Waals surface area contributed by atoms with E-state index in [1.54, 1.807) is 12.1 Å². The molecule has 22 heavy (non-hydrogen) atoms. The van der Waals surface area contributed by atoms with Crippen LogP contribution >= 0.6 is 34.8 Å². The van der Waals surface area contributed by atoms with E-state index in [1.165, 1.54) is 17.7 Å². The highest BCUT2D eigenvalue weighted by atomic mass is 35.5. The molecule has 2 rings (SSSR count). The van der Waals surface area contributed by atoms with E-state index >= 15 is 0 Å². The van der Waals surface area contributed by atoms with Crippen LogP contribution in [0.3, 0.4) is 0 Å². The van der Waals surface area contributed by atoms with Crippen molar-refractivity contribution in [3.8, 4) is 0 Å². The Morgan fingerprint density at radius 3 is 1.41 bits per heavy atom. The summed E-state index contributed by atoms with van der Waals surface area (Å²) in [4.78, 5) is 0. The average molecular weight is 364 g/mol. The zero-order valence-electron chi connectivity index (χ0n) is 13.4. The number of hydrogen-bond donors (Lipinski definition) is 0. The van der Waals surface area contributed by atoms with Gasteiger partial charge in [-0.1, -0.05) is 62.5 Å². The molecule has 122 valence electrons. The third kappa shape index (κ3) is 8.63. The lowest BCUT2D eigenvalue weighted by molar-refractivity contribution is 0.626. The van der Waals surface area contributed by atoms with Crippen LogP contribution in [0.1, 0.15) is 38.8 Å². The molecule has 0 aliphatic carbocycles. The maximum atomic E-state index is 12.5. The summed E-state index contributed by atoms with van der Waals surface area (Å²) < 4.78 is 12.5. The fourth-order valence-electron chi connectivity index (χ4n) is 1.63. The monoisotopic (exact) mass is 362 g/mol. The van der Waals surface area contributed by atoms with E-state index in [-0.39, 0.29) is 5.82 Å². The Hall–Kier alpha value is -0.760. The van der Waals surface area contributed by atoms with Crippen LogP contribution in [0.4, 0.5) is 4.39 Å². The zero-order valence-corrected chi connectivity index (χ0v) is 15.7. The van der Waals surface area contributed by atoms with E-state index in [4.69, 9.17) is 34.8 Å². The zero-order chi connectivity index (χ0) is 17.1. The van der Waals surface area contributed by atoms with Crippen LogP contribution < -0.4 is 0 Å². The number of hydrogen-bond acceptors (Lipinski definition) is 0. The summed E-state index contributed by atoms with van der Waals surface area (Å²) in [6.07, 6.45) is 1.79. The van der Waals surface area contributed by atoms with E-state index in [1.807, 2.05) is 32.9 Å². The molecule has 0 amide bonds. The molecule has 0 radical (unpaired) electrons. The molecule has 2 aromatic rings. The van der Waals surface area contributed by atoms with Crippen molar-refractivity contribution in [1.29, 1.82) is 0 Å². The van der Waals surface area contributed by atoms with Crippen molar-refractivity contribution in [3.05, 3.63) is 68.4 Å². The minimum atomic E-state index is -0.260. The molecule has 0 saturated carbocycles. The van der Waals surface area contributed by atoms with E-state index < -0.39 is 0 Å². The fourth-order valence-corrected chi connectivity index (χ4v) is 2.45. The van der Waals surface area contributed by atoms with Gasteiger partial charge in [0.1, 0.15) is 5.82 Å².